The summed E-state index contributed by atoms with van der Waals surface area (Å²) in [5.74, 6) is 0.444. The van der Waals surface area contributed by atoms with Crippen molar-refractivity contribution in [2.75, 3.05) is 14.2 Å². The van der Waals surface area contributed by atoms with Gasteiger partial charge in [-0.1, -0.05) is 48.0 Å². The molecule has 0 fully saturated rings. The lowest BCUT2D eigenvalue weighted by Gasteiger charge is -2.19. The van der Waals surface area contributed by atoms with Gasteiger partial charge in [-0.25, -0.2) is 4.21 Å². The summed E-state index contributed by atoms with van der Waals surface area (Å²) in [6.45, 7) is 1.97. The quantitative estimate of drug-likeness (QED) is 0.704. The number of aromatic nitrogens is 1. The van der Waals surface area contributed by atoms with E-state index in [0.717, 1.165) is 5.56 Å². The lowest BCUT2D eigenvalue weighted by Crippen LogP contribution is -2.10. The Labute approximate surface area is 161 Å². The molecule has 0 aliphatic carbocycles. The van der Waals surface area contributed by atoms with Crippen molar-refractivity contribution < 1.29 is 18.8 Å². The normalized spacial score (nSPS) is 13.0. The summed E-state index contributed by atoms with van der Waals surface area (Å²) in [5.41, 5.74) is 2.18. The minimum absolute atomic E-state index is 0.165. The molecule has 0 saturated carbocycles. The van der Waals surface area contributed by atoms with Gasteiger partial charge in [0.2, 0.25) is 11.8 Å². The molecule has 1 heterocycles. The van der Waals surface area contributed by atoms with E-state index in [2.05, 4.69) is 4.98 Å². The summed E-state index contributed by atoms with van der Waals surface area (Å²) in [5, 5.41) is 11.0. The average Bonchev–Trinajstić information content (AvgIpc) is 2.72. The highest BCUT2D eigenvalue weighted by Crippen LogP contribution is 2.36. The van der Waals surface area contributed by atoms with Crippen molar-refractivity contribution >= 4 is 10.8 Å². The Morgan fingerprint density at radius 1 is 1.00 bits per heavy atom. The summed E-state index contributed by atoms with van der Waals surface area (Å²) in [4.78, 5) is 5.20. The van der Waals surface area contributed by atoms with Gasteiger partial charge in [-0.2, -0.15) is 4.98 Å². The number of pyridine rings is 1. The average molecular weight is 383 g/mol. The molecule has 6 heteroatoms. The number of aliphatic hydroxyl groups excluding tert-OH is 1. The van der Waals surface area contributed by atoms with Crippen LogP contribution < -0.4 is 9.47 Å². The summed E-state index contributed by atoms with van der Waals surface area (Å²) in [7, 11) is 1.35. The molecule has 2 atom stereocenters. The van der Waals surface area contributed by atoms with Crippen molar-refractivity contribution in [2.45, 2.75) is 22.8 Å². The summed E-state index contributed by atoms with van der Waals surface area (Å²) in [6, 6.07) is 18.1. The molecule has 3 rings (SSSR count). The molecule has 0 saturated heterocycles. The highest BCUT2D eigenvalue weighted by atomic mass is 32.2. The highest BCUT2D eigenvalue weighted by molar-refractivity contribution is 7.85. The Morgan fingerprint density at radius 2 is 1.67 bits per heavy atom. The van der Waals surface area contributed by atoms with Crippen molar-refractivity contribution in [1.82, 2.24) is 4.98 Å². The smallest absolute Gasteiger partial charge is 0.233 e. The SMILES string of the molecule is COc1cc([C@H](O)c2ccccc2)c([S@@](=O)c2ccc(C)cc2)c(OC)n1. The number of rotatable bonds is 6. The van der Waals surface area contributed by atoms with Crippen LogP contribution in [0.15, 0.2) is 70.5 Å². The fourth-order valence-electron chi connectivity index (χ4n) is 2.73. The molecule has 0 radical (unpaired) electrons. The van der Waals surface area contributed by atoms with Crippen LogP contribution in [0.1, 0.15) is 22.8 Å². The number of hydrogen-bond acceptors (Lipinski definition) is 5. The van der Waals surface area contributed by atoms with Crippen LogP contribution in [0, 0.1) is 6.92 Å². The van der Waals surface area contributed by atoms with Crippen molar-refractivity contribution in [2.24, 2.45) is 0 Å². The molecule has 0 bridgehead atoms. The second-order valence-electron chi connectivity index (χ2n) is 5.99. The van der Waals surface area contributed by atoms with Gasteiger partial charge in [-0.05, 0) is 24.6 Å². The molecule has 27 heavy (non-hydrogen) atoms. The van der Waals surface area contributed by atoms with Gasteiger partial charge in [0.25, 0.3) is 0 Å². The van der Waals surface area contributed by atoms with Crippen LogP contribution in [0.3, 0.4) is 0 Å². The molecule has 0 spiro atoms. The minimum Gasteiger partial charge on any atom is -0.481 e. The van der Waals surface area contributed by atoms with E-state index in [-0.39, 0.29) is 11.8 Å². The fraction of sp³-hybridized carbons (Fsp3) is 0.190. The largest absolute Gasteiger partial charge is 0.481 e. The van der Waals surface area contributed by atoms with Gasteiger partial charge in [0, 0.05) is 16.5 Å². The first-order valence-corrected chi connectivity index (χ1v) is 9.54. The van der Waals surface area contributed by atoms with Crippen LogP contribution in [0.25, 0.3) is 0 Å². The second-order valence-corrected chi connectivity index (χ2v) is 7.40. The van der Waals surface area contributed by atoms with Crippen molar-refractivity contribution in [3.05, 3.63) is 77.4 Å². The Kier molecular flexibility index (Phi) is 5.88. The molecular formula is C21H21NO4S. The maximum Gasteiger partial charge on any atom is 0.233 e. The lowest BCUT2D eigenvalue weighted by molar-refractivity contribution is 0.214. The number of benzene rings is 2. The molecule has 3 aromatic rings. The molecule has 2 aromatic carbocycles. The van der Waals surface area contributed by atoms with Crippen LogP contribution in [0.5, 0.6) is 11.8 Å². The van der Waals surface area contributed by atoms with Crippen LogP contribution in [0.4, 0.5) is 0 Å². The molecule has 0 aliphatic rings. The van der Waals surface area contributed by atoms with Crippen LogP contribution in [-0.2, 0) is 10.8 Å². The zero-order valence-corrected chi connectivity index (χ0v) is 16.2. The standard InChI is InChI=1S/C21H21NO4S/c1-14-9-11-16(12-10-14)27(24)20-17(13-18(25-2)22-21(20)26-3)19(23)15-7-5-4-6-8-15/h4-13,19,23H,1-3H3/t19-,27+/m1/s1. The zero-order valence-electron chi connectivity index (χ0n) is 15.4. The Morgan fingerprint density at radius 3 is 2.26 bits per heavy atom. The van der Waals surface area contributed by atoms with Crippen LogP contribution in [0.2, 0.25) is 0 Å². The van der Waals surface area contributed by atoms with E-state index < -0.39 is 16.9 Å². The first-order valence-electron chi connectivity index (χ1n) is 8.39. The van der Waals surface area contributed by atoms with Crippen molar-refractivity contribution in [3.8, 4) is 11.8 Å². The predicted octanol–water partition coefficient (Wildman–Crippen LogP) is 3.66. The molecule has 0 unspecified atom stereocenters. The Hall–Kier alpha value is -2.70. The van der Waals surface area contributed by atoms with E-state index in [1.54, 1.807) is 18.2 Å². The van der Waals surface area contributed by atoms with E-state index >= 15 is 0 Å². The predicted molar refractivity (Wildman–Crippen MR) is 104 cm³/mol. The van der Waals surface area contributed by atoms with E-state index in [1.165, 1.54) is 14.2 Å². The van der Waals surface area contributed by atoms with Crippen molar-refractivity contribution in [3.63, 3.8) is 0 Å². The molecule has 5 nitrogen and oxygen atoms in total. The van der Waals surface area contributed by atoms with E-state index in [1.807, 2.05) is 49.4 Å². The third kappa shape index (κ3) is 4.02. The highest BCUT2D eigenvalue weighted by Gasteiger charge is 2.26. The Balaban J connectivity index is 2.18. The van der Waals surface area contributed by atoms with E-state index in [4.69, 9.17) is 9.47 Å². The zero-order chi connectivity index (χ0) is 19.4. The lowest BCUT2D eigenvalue weighted by atomic mass is 10.0. The fourth-order valence-corrected chi connectivity index (χ4v) is 4.02. The van der Waals surface area contributed by atoms with Crippen LogP contribution in [-0.4, -0.2) is 28.5 Å². The second kappa shape index (κ2) is 8.33. The Bertz CT molecular complexity index is 942. The van der Waals surface area contributed by atoms with Gasteiger partial charge in [-0.3, -0.25) is 0 Å². The van der Waals surface area contributed by atoms with E-state index in [9.17, 15) is 9.32 Å². The van der Waals surface area contributed by atoms with Crippen LogP contribution >= 0.6 is 0 Å². The number of hydrogen-bond donors (Lipinski definition) is 1. The third-order valence-corrected chi connectivity index (χ3v) is 5.66. The molecule has 140 valence electrons. The number of methoxy groups -OCH3 is 2. The maximum atomic E-state index is 13.3. The van der Waals surface area contributed by atoms with Crippen molar-refractivity contribution in [1.29, 1.82) is 0 Å². The minimum atomic E-state index is -1.59. The summed E-state index contributed by atoms with van der Waals surface area (Å²) >= 11 is 0. The first kappa shape index (κ1) is 19.1. The van der Waals surface area contributed by atoms with E-state index in [0.29, 0.717) is 20.9 Å². The number of aryl methyl sites for hydroxylation is 1. The number of nitrogens with zero attached hydrogens (tertiary/aromatic N) is 1. The summed E-state index contributed by atoms with van der Waals surface area (Å²) < 4.78 is 24.0. The molecule has 1 aromatic heterocycles. The number of ether oxygens (including phenoxy) is 2. The molecule has 0 amide bonds. The van der Waals surface area contributed by atoms with Gasteiger partial charge in [0.05, 0.1) is 25.0 Å². The number of aliphatic hydroxyl groups is 1. The monoisotopic (exact) mass is 383 g/mol. The van der Waals surface area contributed by atoms with Gasteiger partial charge in [-0.15, -0.1) is 0 Å². The first-order chi connectivity index (χ1) is 13.0. The molecular weight excluding hydrogens is 362 g/mol. The summed E-state index contributed by atoms with van der Waals surface area (Å²) in [6.07, 6.45) is -0.999. The topological polar surface area (TPSA) is 68.7 Å². The maximum absolute atomic E-state index is 13.3. The third-order valence-electron chi connectivity index (χ3n) is 4.18. The van der Waals surface area contributed by atoms with Gasteiger partial charge < -0.3 is 14.6 Å². The molecule has 1 N–H and O–H groups in total. The van der Waals surface area contributed by atoms with Gasteiger partial charge >= 0.3 is 0 Å². The molecule has 0 aliphatic heterocycles. The van der Waals surface area contributed by atoms with Gasteiger partial charge in [0.1, 0.15) is 11.0 Å². The van der Waals surface area contributed by atoms with Gasteiger partial charge in [0.15, 0.2) is 0 Å².